The first-order valence-electron chi connectivity index (χ1n) is 10.4. The van der Waals surface area contributed by atoms with Crippen LogP contribution in [0.2, 0.25) is 0 Å². The van der Waals surface area contributed by atoms with E-state index < -0.39 is 12.1 Å². The largest absolute Gasteiger partial charge is 0.490 e. The molecule has 2 aromatic heterocycles. The Morgan fingerprint density at radius 2 is 1.67 bits per heavy atom. The quantitative estimate of drug-likeness (QED) is 0.726. The van der Waals surface area contributed by atoms with Gasteiger partial charge in [0.25, 0.3) is 11.8 Å². The fraction of sp³-hybridized carbons (Fsp3) is 0.455. The van der Waals surface area contributed by atoms with Gasteiger partial charge in [0, 0.05) is 38.6 Å². The molecule has 1 spiro atoms. The molecule has 0 saturated carbocycles. The number of amides is 2. The van der Waals surface area contributed by atoms with E-state index in [1.165, 1.54) is 0 Å². The van der Waals surface area contributed by atoms with Gasteiger partial charge in [-0.25, -0.2) is 4.79 Å². The molecule has 0 bridgehead atoms. The van der Waals surface area contributed by atoms with Crippen LogP contribution in [0.15, 0.2) is 41.3 Å². The van der Waals surface area contributed by atoms with Gasteiger partial charge in [0.05, 0.1) is 17.4 Å². The molecule has 2 aliphatic heterocycles. The normalized spacial score (nSPS) is 17.5. The number of furan rings is 1. The van der Waals surface area contributed by atoms with Crippen molar-refractivity contribution in [2.75, 3.05) is 26.2 Å². The van der Waals surface area contributed by atoms with Gasteiger partial charge in [0.2, 0.25) is 0 Å². The Hall–Kier alpha value is -3.37. The second kappa shape index (κ2) is 9.63. The number of carbonyl (C=O) groups excluding carboxylic acids is 2. The first-order chi connectivity index (χ1) is 15.5. The maximum absolute atomic E-state index is 12.6. The molecular formula is C22H24F3N3O5. The molecule has 2 saturated heterocycles. The predicted molar refractivity (Wildman–Crippen MR) is 109 cm³/mol. The minimum Gasteiger partial charge on any atom is -0.475 e. The highest BCUT2D eigenvalue weighted by Gasteiger charge is 2.43. The number of carboxylic acids is 1. The standard InChI is InChI=1S/C20H23N3O3.C2HF3O2/c1-15-17(4-12-26-15)19(25)22-9-5-20(6-10-22)7-11-23(14-20)18(24)16-3-2-8-21-13-16;3-2(4,5)1(6)7/h2-4,8,12-13H,5-7,9-11,14H2,1H3;(H,6,7). The number of halogens is 3. The third kappa shape index (κ3) is 5.71. The number of aliphatic carboxylic acids is 1. The van der Waals surface area contributed by atoms with Gasteiger partial charge in [-0.05, 0) is 49.8 Å². The number of carboxylic acid groups (broad SMARTS) is 1. The highest BCUT2D eigenvalue weighted by atomic mass is 19.4. The number of aryl methyl sites for hydroxylation is 1. The molecular weight excluding hydrogens is 443 g/mol. The molecule has 1 N–H and O–H groups in total. The zero-order valence-electron chi connectivity index (χ0n) is 18.0. The Balaban J connectivity index is 0.000000383. The summed E-state index contributed by atoms with van der Waals surface area (Å²) in [6.07, 6.45) is 2.66. The van der Waals surface area contributed by atoms with E-state index in [0.717, 1.165) is 45.4 Å². The topological polar surface area (TPSA) is 104 Å². The van der Waals surface area contributed by atoms with Crippen LogP contribution in [0.1, 0.15) is 45.7 Å². The van der Waals surface area contributed by atoms with Gasteiger partial charge in [-0.2, -0.15) is 13.2 Å². The molecule has 0 radical (unpaired) electrons. The molecule has 4 rings (SSSR count). The summed E-state index contributed by atoms with van der Waals surface area (Å²) in [5.74, 6) is -1.98. The molecule has 0 unspecified atom stereocenters. The van der Waals surface area contributed by atoms with Gasteiger partial charge in [-0.3, -0.25) is 14.6 Å². The SMILES string of the molecule is Cc1occc1C(=O)N1CCC2(CCN(C(=O)c3cccnc3)C2)CC1.O=C(O)C(F)(F)F. The molecule has 2 aromatic rings. The molecule has 11 heteroatoms. The lowest BCUT2D eigenvalue weighted by Crippen LogP contribution is -2.44. The van der Waals surface area contributed by atoms with Crippen LogP contribution in [0, 0.1) is 12.3 Å². The number of aromatic nitrogens is 1. The van der Waals surface area contributed by atoms with Gasteiger partial charge in [-0.15, -0.1) is 0 Å². The van der Waals surface area contributed by atoms with Gasteiger partial charge in [0.1, 0.15) is 5.76 Å². The minimum absolute atomic E-state index is 0.0485. The zero-order chi connectivity index (χ0) is 24.2. The summed E-state index contributed by atoms with van der Waals surface area (Å²) in [5.41, 5.74) is 1.44. The lowest BCUT2D eigenvalue weighted by Gasteiger charge is -2.39. The monoisotopic (exact) mass is 467 g/mol. The van der Waals surface area contributed by atoms with E-state index in [1.807, 2.05) is 22.8 Å². The fourth-order valence-corrected chi connectivity index (χ4v) is 4.15. The second-order valence-electron chi connectivity index (χ2n) is 8.20. The van der Waals surface area contributed by atoms with Crippen molar-refractivity contribution in [1.29, 1.82) is 0 Å². The van der Waals surface area contributed by atoms with Crippen LogP contribution >= 0.6 is 0 Å². The van der Waals surface area contributed by atoms with Crippen LogP contribution in [-0.2, 0) is 4.79 Å². The van der Waals surface area contributed by atoms with Crippen LogP contribution in [0.5, 0.6) is 0 Å². The first-order valence-corrected chi connectivity index (χ1v) is 10.4. The molecule has 0 aromatic carbocycles. The molecule has 0 aliphatic carbocycles. The van der Waals surface area contributed by atoms with Gasteiger partial charge in [0.15, 0.2) is 0 Å². The second-order valence-corrected chi connectivity index (χ2v) is 8.20. The summed E-state index contributed by atoms with van der Waals surface area (Å²) in [7, 11) is 0. The maximum atomic E-state index is 12.6. The Morgan fingerprint density at radius 1 is 1.06 bits per heavy atom. The summed E-state index contributed by atoms with van der Waals surface area (Å²) in [5, 5.41) is 7.12. The van der Waals surface area contributed by atoms with E-state index in [-0.39, 0.29) is 17.2 Å². The van der Waals surface area contributed by atoms with E-state index >= 15 is 0 Å². The Morgan fingerprint density at radius 3 is 2.15 bits per heavy atom. The van der Waals surface area contributed by atoms with Crippen LogP contribution < -0.4 is 0 Å². The molecule has 33 heavy (non-hydrogen) atoms. The number of rotatable bonds is 2. The van der Waals surface area contributed by atoms with Crippen LogP contribution in [0.25, 0.3) is 0 Å². The van der Waals surface area contributed by atoms with E-state index in [1.54, 1.807) is 30.8 Å². The summed E-state index contributed by atoms with van der Waals surface area (Å²) in [4.78, 5) is 42.1. The lowest BCUT2D eigenvalue weighted by molar-refractivity contribution is -0.192. The molecule has 4 heterocycles. The molecule has 2 amide bonds. The third-order valence-corrected chi connectivity index (χ3v) is 6.08. The van der Waals surface area contributed by atoms with E-state index in [4.69, 9.17) is 14.3 Å². The number of alkyl halides is 3. The van der Waals surface area contributed by atoms with Crippen molar-refractivity contribution in [3.63, 3.8) is 0 Å². The van der Waals surface area contributed by atoms with Crippen LogP contribution in [0.4, 0.5) is 13.2 Å². The summed E-state index contributed by atoms with van der Waals surface area (Å²) in [6, 6.07) is 5.35. The number of pyridine rings is 1. The number of hydrogen-bond donors (Lipinski definition) is 1. The number of hydrogen-bond acceptors (Lipinski definition) is 5. The molecule has 0 atom stereocenters. The van der Waals surface area contributed by atoms with Crippen molar-refractivity contribution >= 4 is 17.8 Å². The van der Waals surface area contributed by atoms with Crippen molar-refractivity contribution in [3.05, 3.63) is 53.7 Å². The molecule has 2 fully saturated rings. The molecule has 2 aliphatic rings. The van der Waals surface area contributed by atoms with E-state index in [0.29, 0.717) is 16.9 Å². The Kier molecular flexibility index (Phi) is 7.09. The highest BCUT2D eigenvalue weighted by molar-refractivity contribution is 5.95. The summed E-state index contributed by atoms with van der Waals surface area (Å²) >= 11 is 0. The zero-order valence-corrected chi connectivity index (χ0v) is 18.0. The highest BCUT2D eigenvalue weighted by Crippen LogP contribution is 2.41. The van der Waals surface area contributed by atoms with Crippen molar-refractivity contribution < 1.29 is 37.1 Å². The summed E-state index contributed by atoms with van der Waals surface area (Å²) in [6.45, 7) is 4.84. The van der Waals surface area contributed by atoms with Crippen molar-refractivity contribution in [1.82, 2.24) is 14.8 Å². The fourth-order valence-electron chi connectivity index (χ4n) is 4.15. The van der Waals surface area contributed by atoms with E-state index in [9.17, 15) is 22.8 Å². The van der Waals surface area contributed by atoms with Gasteiger partial charge in [-0.1, -0.05) is 0 Å². The van der Waals surface area contributed by atoms with Gasteiger partial charge >= 0.3 is 12.1 Å². The smallest absolute Gasteiger partial charge is 0.475 e. The third-order valence-electron chi connectivity index (χ3n) is 6.08. The Bertz CT molecular complexity index is 998. The maximum Gasteiger partial charge on any atom is 0.490 e. The van der Waals surface area contributed by atoms with Crippen molar-refractivity contribution in [2.45, 2.75) is 32.4 Å². The average molecular weight is 467 g/mol. The number of likely N-dealkylation sites (tertiary alicyclic amines) is 2. The number of carbonyl (C=O) groups is 3. The Labute approximate surface area is 188 Å². The number of piperidine rings is 1. The van der Waals surface area contributed by atoms with E-state index in [2.05, 4.69) is 4.98 Å². The van der Waals surface area contributed by atoms with Crippen LogP contribution in [0.3, 0.4) is 0 Å². The first kappa shape index (κ1) is 24.3. The molecule has 8 nitrogen and oxygen atoms in total. The van der Waals surface area contributed by atoms with Gasteiger partial charge < -0.3 is 19.3 Å². The lowest BCUT2D eigenvalue weighted by atomic mass is 9.77. The predicted octanol–water partition coefficient (Wildman–Crippen LogP) is 3.38. The molecule has 178 valence electrons. The number of nitrogens with zero attached hydrogens (tertiary/aromatic N) is 3. The average Bonchev–Trinajstić information content (AvgIpc) is 3.40. The van der Waals surface area contributed by atoms with Crippen molar-refractivity contribution in [2.24, 2.45) is 5.41 Å². The van der Waals surface area contributed by atoms with Crippen LogP contribution in [-0.4, -0.2) is 70.0 Å². The summed E-state index contributed by atoms with van der Waals surface area (Å²) < 4.78 is 37.0. The minimum atomic E-state index is -5.08. The van der Waals surface area contributed by atoms with Crippen molar-refractivity contribution in [3.8, 4) is 0 Å².